The summed E-state index contributed by atoms with van der Waals surface area (Å²) in [5.74, 6) is -0.273. The molecule has 7 heteroatoms. The lowest BCUT2D eigenvalue weighted by molar-refractivity contribution is -0.142. The fraction of sp³-hybridized carbons (Fsp3) is 0.353. The van der Waals surface area contributed by atoms with Gasteiger partial charge in [-0.1, -0.05) is 37.3 Å². The number of benzene rings is 1. The van der Waals surface area contributed by atoms with Crippen molar-refractivity contribution in [3.8, 4) is 0 Å². The lowest BCUT2D eigenvalue weighted by Crippen LogP contribution is -2.32. The summed E-state index contributed by atoms with van der Waals surface area (Å²) in [6.07, 6.45) is 1.09. The lowest BCUT2D eigenvalue weighted by atomic mass is 10.1. The molecule has 0 amide bonds. The molecule has 2 aromatic rings. The summed E-state index contributed by atoms with van der Waals surface area (Å²) in [5, 5.41) is 9.38. The Balaban J connectivity index is 1.90. The number of ether oxygens (including phenoxy) is 1. The minimum absolute atomic E-state index is 0.144. The van der Waals surface area contributed by atoms with Crippen LogP contribution >= 0.6 is 23.6 Å². The molecule has 1 atom stereocenters. The van der Waals surface area contributed by atoms with E-state index in [2.05, 4.69) is 34.7 Å². The number of anilines is 1. The Labute approximate surface area is 151 Å². The van der Waals surface area contributed by atoms with Crippen LogP contribution < -0.4 is 10.6 Å². The normalized spacial score (nSPS) is 11.6. The van der Waals surface area contributed by atoms with Gasteiger partial charge in [0.1, 0.15) is 0 Å². The van der Waals surface area contributed by atoms with Crippen LogP contribution in [-0.4, -0.2) is 22.7 Å². The monoisotopic (exact) mass is 363 g/mol. The molecular formula is C17H21N3O2S2. The van der Waals surface area contributed by atoms with E-state index in [0.717, 1.165) is 6.42 Å². The largest absolute Gasteiger partial charge is 0.466 e. The summed E-state index contributed by atoms with van der Waals surface area (Å²) in [4.78, 5) is 15.8. The maximum atomic E-state index is 11.5. The van der Waals surface area contributed by atoms with Gasteiger partial charge in [-0.05, 0) is 31.1 Å². The van der Waals surface area contributed by atoms with Crippen LogP contribution in [0.5, 0.6) is 0 Å². The summed E-state index contributed by atoms with van der Waals surface area (Å²) in [7, 11) is 0. The first-order chi connectivity index (χ1) is 11.6. The number of nitrogens with zero attached hydrogens (tertiary/aromatic N) is 1. The first-order valence-corrected chi connectivity index (χ1v) is 9.13. The summed E-state index contributed by atoms with van der Waals surface area (Å²) >= 11 is 6.78. The summed E-state index contributed by atoms with van der Waals surface area (Å²) in [5.41, 5.74) is 1.87. The van der Waals surface area contributed by atoms with Crippen molar-refractivity contribution in [3.63, 3.8) is 0 Å². The van der Waals surface area contributed by atoms with Gasteiger partial charge in [0.15, 0.2) is 10.2 Å². The number of thiazole rings is 1. The Hall–Kier alpha value is -1.99. The van der Waals surface area contributed by atoms with Gasteiger partial charge in [0.05, 0.1) is 24.8 Å². The molecule has 1 aromatic heterocycles. The molecule has 0 aliphatic rings. The Bertz CT molecular complexity index is 673. The van der Waals surface area contributed by atoms with Gasteiger partial charge in [-0.2, -0.15) is 0 Å². The third kappa shape index (κ3) is 5.58. The summed E-state index contributed by atoms with van der Waals surface area (Å²) < 4.78 is 4.92. The van der Waals surface area contributed by atoms with Gasteiger partial charge in [0, 0.05) is 5.38 Å². The number of hydrogen-bond donors (Lipinski definition) is 2. The van der Waals surface area contributed by atoms with Gasteiger partial charge in [-0.3, -0.25) is 4.79 Å². The Morgan fingerprint density at radius 3 is 2.75 bits per heavy atom. The van der Waals surface area contributed by atoms with Crippen molar-refractivity contribution in [2.45, 2.75) is 32.7 Å². The molecule has 0 radical (unpaired) electrons. The molecule has 0 aliphatic carbocycles. The number of aromatic nitrogens is 1. The molecule has 0 spiro atoms. The van der Waals surface area contributed by atoms with Gasteiger partial charge in [-0.15, -0.1) is 11.3 Å². The van der Waals surface area contributed by atoms with E-state index in [9.17, 15) is 4.79 Å². The van der Waals surface area contributed by atoms with E-state index in [0.29, 0.717) is 22.5 Å². The molecule has 0 saturated heterocycles. The van der Waals surface area contributed by atoms with Gasteiger partial charge >= 0.3 is 5.97 Å². The Morgan fingerprint density at radius 2 is 2.08 bits per heavy atom. The molecule has 5 nitrogen and oxygen atoms in total. The van der Waals surface area contributed by atoms with Crippen molar-refractivity contribution < 1.29 is 9.53 Å². The third-order valence-electron chi connectivity index (χ3n) is 3.32. The number of rotatable bonds is 7. The van der Waals surface area contributed by atoms with Gasteiger partial charge in [0.25, 0.3) is 0 Å². The molecular weight excluding hydrogens is 342 g/mol. The smallest absolute Gasteiger partial charge is 0.311 e. The highest BCUT2D eigenvalue weighted by molar-refractivity contribution is 7.80. The molecule has 0 fully saturated rings. The Morgan fingerprint density at radius 1 is 1.33 bits per heavy atom. The van der Waals surface area contributed by atoms with Crippen LogP contribution in [0.3, 0.4) is 0 Å². The summed E-state index contributed by atoms with van der Waals surface area (Å²) in [6.45, 7) is 4.26. The standard InChI is InChI=1S/C17H21N3O2S2/c1-3-14(12-8-6-5-7-9-12)19-16(23)20-17-18-13(11-24-17)10-15(21)22-4-2/h5-9,11,14H,3-4,10H2,1-2H3,(H2,18,19,20,23). The van der Waals surface area contributed by atoms with E-state index in [1.54, 1.807) is 6.92 Å². The van der Waals surface area contributed by atoms with Gasteiger partial charge < -0.3 is 15.4 Å². The number of thiocarbonyl (C=S) groups is 1. The average Bonchev–Trinajstić information content (AvgIpc) is 3.00. The van der Waals surface area contributed by atoms with Crippen LogP contribution in [0.2, 0.25) is 0 Å². The fourth-order valence-electron chi connectivity index (χ4n) is 2.20. The Kier molecular flexibility index (Phi) is 7.14. The maximum Gasteiger partial charge on any atom is 0.311 e. The van der Waals surface area contributed by atoms with Crippen LogP contribution in [-0.2, 0) is 16.0 Å². The second-order valence-electron chi connectivity index (χ2n) is 5.10. The summed E-state index contributed by atoms with van der Waals surface area (Å²) in [6, 6.07) is 10.3. The van der Waals surface area contributed by atoms with Crippen molar-refractivity contribution in [1.29, 1.82) is 0 Å². The number of nitrogens with one attached hydrogen (secondary N) is 2. The van der Waals surface area contributed by atoms with Crippen LogP contribution in [0, 0.1) is 0 Å². The maximum absolute atomic E-state index is 11.5. The second kappa shape index (κ2) is 9.34. The van der Waals surface area contributed by atoms with Crippen molar-refractivity contribution in [1.82, 2.24) is 10.3 Å². The molecule has 1 unspecified atom stereocenters. The number of esters is 1. The van der Waals surface area contributed by atoms with Crippen LogP contribution in [0.1, 0.15) is 37.6 Å². The van der Waals surface area contributed by atoms with Crippen molar-refractivity contribution in [2.24, 2.45) is 0 Å². The highest BCUT2D eigenvalue weighted by atomic mass is 32.1. The number of carbonyl (C=O) groups excluding carboxylic acids is 1. The molecule has 0 aliphatic heterocycles. The predicted molar refractivity (Wildman–Crippen MR) is 101 cm³/mol. The van der Waals surface area contributed by atoms with E-state index < -0.39 is 0 Å². The predicted octanol–water partition coefficient (Wildman–Crippen LogP) is 3.69. The highest BCUT2D eigenvalue weighted by Gasteiger charge is 2.12. The van der Waals surface area contributed by atoms with E-state index >= 15 is 0 Å². The third-order valence-corrected chi connectivity index (χ3v) is 4.34. The van der Waals surface area contributed by atoms with Crippen LogP contribution in [0.4, 0.5) is 5.13 Å². The first kappa shape index (κ1) is 18.4. The van der Waals surface area contributed by atoms with Crippen molar-refractivity contribution in [2.75, 3.05) is 11.9 Å². The first-order valence-electron chi connectivity index (χ1n) is 7.84. The van der Waals surface area contributed by atoms with Crippen molar-refractivity contribution in [3.05, 3.63) is 47.0 Å². The minimum atomic E-state index is -0.273. The highest BCUT2D eigenvalue weighted by Crippen LogP contribution is 2.18. The molecule has 1 aromatic carbocycles. The number of carbonyl (C=O) groups is 1. The lowest BCUT2D eigenvalue weighted by Gasteiger charge is -2.19. The quantitative estimate of drug-likeness (QED) is 0.578. The second-order valence-corrected chi connectivity index (χ2v) is 6.36. The van der Waals surface area contributed by atoms with Crippen LogP contribution in [0.15, 0.2) is 35.7 Å². The van der Waals surface area contributed by atoms with E-state index in [4.69, 9.17) is 17.0 Å². The fourth-order valence-corrected chi connectivity index (χ4v) is 3.22. The zero-order valence-corrected chi connectivity index (χ0v) is 15.4. The SMILES string of the molecule is CCOC(=O)Cc1csc(NC(=S)NC(CC)c2ccccc2)n1. The van der Waals surface area contributed by atoms with Gasteiger partial charge in [0.2, 0.25) is 0 Å². The minimum Gasteiger partial charge on any atom is -0.466 e. The van der Waals surface area contributed by atoms with E-state index in [1.165, 1.54) is 16.9 Å². The molecule has 24 heavy (non-hydrogen) atoms. The molecule has 2 N–H and O–H groups in total. The average molecular weight is 364 g/mol. The van der Waals surface area contributed by atoms with E-state index in [1.807, 2.05) is 23.6 Å². The molecule has 128 valence electrons. The number of hydrogen-bond acceptors (Lipinski definition) is 5. The molecule has 0 bridgehead atoms. The topological polar surface area (TPSA) is 63.2 Å². The van der Waals surface area contributed by atoms with Crippen molar-refractivity contribution >= 4 is 39.8 Å². The molecule has 2 rings (SSSR count). The van der Waals surface area contributed by atoms with Gasteiger partial charge in [-0.25, -0.2) is 4.98 Å². The molecule has 1 heterocycles. The van der Waals surface area contributed by atoms with E-state index in [-0.39, 0.29) is 18.4 Å². The zero-order chi connectivity index (χ0) is 17.4. The van der Waals surface area contributed by atoms with Crippen LogP contribution in [0.25, 0.3) is 0 Å². The zero-order valence-electron chi connectivity index (χ0n) is 13.7. The molecule has 0 saturated carbocycles.